The van der Waals surface area contributed by atoms with Crippen LogP contribution in [0.4, 0.5) is 5.69 Å². The van der Waals surface area contributed by atoms with Crippen LogP contribution in [0.1, 0.15) is 12.6 Å². The van der Waals surface area contributed by atoms with Gasteiger partial charge in [-0.3, -0.25) is 4.98 Å². The Bertz CT molecular complexity index is 517. The van der Waals surface area contributed by atoms with E-state index in [0.29, 0.717) is 30.7 Å². The molecule has 0 amide bonds. The lowest BCUT2D eigenvalue weighted by molar-refractivity contribution is 0.290. The minimum atomic E-state index is 0.415. The third-order valence-electron chi connectivity index (χ3n) is 2.48. The maximum absolute atomic E-state index is 5.74. The van der Waals surface area contributed by atoms with Crippen molar-refractivity contribution >= 4 is 5.69 Å². The molecule has 5 nitrogen and oxygen atoms in total. The normalized spacial score (nSPS) is 10.2. The van der Waals surface area contributed by atoms with E-state index in [1.165, 1.54) is 0 Å². The smallest absolute Gasteiger partial charge is 0.240 e. The van der Waals surface area contributed by atoms with Crippen LogP contribution >= 0.6 is 0 Å². The minimum Gasteiger partial charge on any atom is -0.477 e. The lowest BCUT2D eigenvalue weighted by Crippen LogP contribution is -2.05. The first-order valence-corrected chi connectivity index (χ1v) is 6.21. The summed E-state index contributed by atoms with van der Waals surface area (Å²) in [6.07, 6.45) is 2.50. The SMILES string of the molecule is CCOc1nc(OCCc2ccccn2)ccc1N. The fourth-order valence-electron chi connectivity index (χ4n) is 1.57. The number of nitrogens with zero attached hydrogens (tertiary/aromatic N) is 2. The maximum atomic E-state index is 5.74. The van der Waals surface area contributed by atoms with Crippen molar-refractivity contribution in [1.82, 2.24) is 9.97 Å². The zero-order chi connectivity index (χ0) is 13.5. The van der Waals surface area contributed by atoms with Gasteiger partial charge in [0, 0.05) is 24.4 Å². The fourth-order valence-corrected chi connectivity index (χ4v) is 1.57. The Morgan fingerprint density at radius 3 is 2.79 bits per heavy atom. The monoisotopic (exact) mass is 259 g/mol. The Morgan fingerprint density at radius 2 is 2.05 bits per heavy atom. The summed E-state index contributed by atoms with van der Waals surface area (Å²) in [6, 6.07) is 9.27. The Balaban J connectivity index is 1.91. The van der Waals surface area contributed by atoms with Crippen LogP contribution in [0, 0.1) is 0 Å². The second kappa shape index (κ2) is 6.58. The minimum absolute atomic E-state index is 0.415. The van der Waals surface area contributed by atoms with E-state index >= 15 is 0 Å². The van der Waals surface area contributed by atoms with Crippen molar-refractivity contribution in [1.29, 1.82) is 0 Å². The number of nitrogen functional groups attached to an aromatic ring is 1. The molecule has 0 fully saturated rings. The first kappa shape index (κ1) is 13.1. The molecule has 100 valence electrons. The molecular weight excluding hydrogens is 242 g/mol. The Kier molecular flexibility index (Phi) is 4.55. The van der Waals surface area contributed by atoms with Crippen LogP contribution in [0.5, 0.6) is 11.8 Å². The van der Waals surface area contributed by atoms with Gasteiger partial charge in [0.2, 0.25) is 11.8 Å². The number of aromatic nitrogens is 2. The van der Waals surface area contributed by atoms with Crippen LogP contribution in [-0.4, -0.2) is 23.2 Å². The van der Waals surface area contributed by atoms with E-state index in [4.69, 9.17) is 15.2 Å². The first-order chi connectivity index (χ1) is 9.29. The zero-order valence-corrected chi connectivity index (χ0v) is 10.9. The van der Waals surface area contributed by atoms with Crippen LogP contribution in [0.25, 0.3) is 0 Å². The largest absolute Gasteiger partial charge is 0.477 e. The molecule has 0 saturated heterocycles. The summed E-state index contributed by atoms with van der Waals surface area (Å²) >= 11 is 0. The van der Waals surface area contributed by atoms with E-state index in [9.17, 15) is 0 Å². The molecule has 0 aromatic carbocycles. The van der Waals surface area contributed by atoms with Crippen LogP contribution in [0.15, 0.2) is 36.5 Å². The van der Waals surface area contributed by atoms with Crippen molar-refractivity contribution in [3.05, 3.63) is 42.2 Å². The highest BCUT2D eigenvalue weighted by atomic mass is 16.5. The molecule has 0 bridgehead atoms. The highest BCUT2D eigenvalue weighted by molar-refractivity contribution is 5.49. The molecule has 2 rings (SSSR count). The third kappa shape index (κ3) is 3.84. The van der Waals surface area contributed by atoms with E-state index < -0.39 is 0 Å². The summed E-state index contributed by atoms with van der Waals surface area (Å²) in [5.74, 6) is 0.923. The van der Waals surface area contributed by atoms with Gasteiger partial charge in [-0.25, -0.2) is 0 Å². The predicted molar refractivity (Wildman–Crippen MR) is 73.3 cm³/mol. The molecule has 2 aromatic rings. The molecule has 0 saturated carbocycles. The van der Waals surface area contributed by atoms with Crippen molar-refractivity contribution in [3.63, 3.8) is 0 Å². The quantitative estimate of drug-likeness (QED) is 0.860. The van der Waals surface area contributed by atoms with E-state index in [2.05, 4.69) is 9.97 Å². The molecule has 19 heavy (non-hydrogen) atoms. The molecule has 0 aliphatic carbocycles. The Labute approximate surface area is 112 Å². The third-order valence-corrected chi connectivity index (χ3v) is 2.48. The molecule has 2 N–H and O–H groups in total. The Hall–Kier alpha value is -2.30. The van der Waals surface area contributed by atoms with E-state index in [0.717, 1.165) is 12.1 Å². The number of ether oxygens (including phenoxy) is 2. The van der Waals surface area contributed by atoms with Crippen molar-refractivity contribution < 1.29 is 9.47 Å². The van der Waals surface area contributed by atoms with Gasteiger partial charge in [0.05, 0.1) is 18.9 Å². The summed E-state index contributed by atoms with van der Waals surface area (Å²) < 4.78 is 10.9. The predicted octanol–water partition coefficient (Wildman–Crippen LogP) is 2.08. The molecule has 5 heteroatoms. The van der Waals surface area contributed by atoms with Gasteiger partial charge in [-0.1, -0.05) is 6.07 Å². The van der Waals surface area contributed by atoms with Gasteiger partial charge >= 0.3 is 0 Å². The standard InChI is InChI=1S/C14H17N3O2/c1-2-18-14-12(15)6-7-13(17-14)19-10-8-11-5-3-4-9-16-11/h3-7,9H,2,8,10,15H2,1H3. The van der Waals surface area contributed by atoms with E-state index in [1.54, 1.807) is 18.3 Å². The van der Waals surface area contributed by atoms with Crippen LogP contribution in [0.3, 0.4) is 0 Å². The summed E-state index contributed by atoms with van der Waals surface area (Å²) in [5, 5.41) is 0. The van der Waals surface area contributed by atoms with Gasteiger partial charge in [0.1, 0.15) is 0 Å². The lowest BCUT2D eigenvalue weighted by Gasteiger charge is -2.09. The van der Waals surface area contributed by atoms with Gasteiger partial charge in [-0.2, -0.15) is 4.98 Å². The van der Waals surface area contributed by atoms with Gasteiger partial charge in [-0.05, 0) is 25.1 Å². The molecule has 0 atom stereocenters. The van der Waals surface area contributed by atoms with Crippen molar-refractivity contribution in [2.45, 2.75) is 13.3 Å². The van der Waals surface area contributed by atoms with Crippen LogP contribution in [0.2, 0.25) is 0 Å². The average Bonchev–Trinajstić information content (AvgIpc) is 2.44. The number of pyridine rings is 2. The summed E-state index contributed by atoms with van der Waals surface area (Å²) in [5.41, 5.74) is 7.24. The molecule has 0 aliphatic heterocycles. The van der Waals surface area contributed by atoms with Crippen molar-refractivity contribution in [2.24, 2.45) is 0 Å². The lowest BCUT2D eigenvalue weighted by atomic mass is 10.3. The van der Waals surface area contributed by atoms with Crippen LogP contribution < -0.4 is 15.2 Å². The first-order valence-electron chi connectivity index (χ1n) is 6.21. The van der Waals surface area contributed by atoms with Crippen molar-refractivity contribution in [3.8, 4) is 11.8 Å². The molecule has 0 radical (unpaired) electrons. The fraction of sp³-hybridized carbons (Fsp3) is 0.286. The van der Waals surface area contributed by atoms with E-state index in [-0.39, 0.29) is 0 Å². The molecular formula is C14H17N3O2. The zero-order valence-electron chi connectivity index (χ0n) is 10.9. The number of anilines is 1. The molecule has 0 spiro atoms. The van der Waals surface area contributed by atoms with Gasteiger partial charge in [0.15, 0.2) is 0 Å². The molecule has 2 aromatic heterocycles. The molecule has 0 aliphatic rings. The Morgan fingerprint density at radius 1 is 1.16 bits per heavy atom. The second-order valence-electron chi connectivity index (χ2n) is 3.90. The number of nitrogens with two attached hydrogens (primary N) is 1. The van der Waals surface area contributed by atoms with Crippen molar-refractivity contribution in [2.75, 3.05) is 18.9 Å². The van der Waals surface area contributed by atoms with Gasteiger partial charge in [-0.15, -0.1) is 0 Å². The highest BCUT2D eigenvalue weighted by Crippen LogP contribution is 2.22. The average molecular weight is 259 g/mol. The second-order valence-corrected chi connectivity index (χ2v) is 3.90. The summed E-state index contributed by atoms with van der Waals surface area (Å²) in [6.45, 7) is 2.92. The van der Waals surface area contributed by atoms with E-state index in [1.807, 2.05) is 25.1 Å². The maximum Gasteiger partial charge on any atom is 0.240 e. The van der Waals surface area contributed by atoms with Gasteiger partial charge < -0.3 is 15.2 Å². The molecule has 2 heterocycles. The highest BCUT2D eigenvalue weighted by Gasteiger charge is 2.04. The summed E-state index contributed by atoms with van der Waals surface area (Å²) in [4.78, 5) is 8.43. The number of hydrogen-bond donors (Lipinski definition) is 1. The molecule has 0 unspecified atom stereocenters. The van der Waals surface area contributed by atoms with Gasteiger partial charge in [0.25, 0.3) is 0 Å². The topological polar surface area (TPSA) is 70.3 Å². The van der Waals surface area contributed by atoms with Crippen LogP contribution in [-0.2, 0) is 6.42 Å². The number of rotatable bonds is 6. The summed E-state index contributed by atoms with van der Waals surface area (Å²) in [7, 11) is 0. The number of hydrogen-bond acceptors (Lipinski definition) is 5.